The molecule has 0 spiro atoms. The quantitative estimate of drug-likeness (QED) is 0.576. The number of nitrogens with one attached hydrogen (secondary N) is 1. The summed E-state index contributed by atoms with van der Waals surface area (Å²) in [5.74, 6) is 1.14. The Morgan fingerprint density at radius 1 is 1.24 bits per heavy atom. The molecule has 7 nitrogen and oxygen atoms in total. The van der Waals surface area contributed by atoms with Gasteiger partial charge in [-0.05, 0) is 32.0 Å². The van der Waals surface area contributed by atoms with Crippen LogP contribution in [0.1, 0.15) is 22.5 Å². The molecule has 0 saturated carbocycles. The summed E-state index contributed by atoms with van der Waals surface area (Å²) in [7, 11) is 1.90. The van der Waals surface area contributed by atoms with Gasteiger partial charge >= 0.3 is 0 Å². The van der Waals surface area contributed by atoms with E-state index in [1.54, 1.807) is 12.3 Å². The van der Waals surface area contributed by atoms with Crippen molar-refractivity contribution in [2.45, 2.75) is 26.8 Å². The number of imidazole rings is 1. The van der Waals surface area contributed by atoms with E-state index in [0.29, 0.717) is 24.7 Å². The molecule has 0 amide bonds. The minimum absolute atomic E-state index is 0.234. The van der Waals surface area contributed by atoms with Gasteiger partial charge in [-0.1, -0.05) is 0 Å². The summed E-state index contributed by atoms with van der Waals surface area (Å²) in [4.78, 5) is 9.28. The Morgan fingerprint density at radius 2 is 2.10 bits per heavy atom. The Labute approximate surface area is 167 Å². The lowest BCUT2D eigenvalue weighted by Crippen LogP contribution is -2.10. The number of aryl methyl sites for hydroxylation is 3. The van der Waals surface area contributed by atoms with E-state index in [-0.39, 0.29) is 5.82 Å². The predicted molar refractivity (Wildman–Crippen MR) is 108 cm³/mol. The third kappa shape index (κ3) is 2.91. The number of halogens is 1. The molecule has 0 radical (unpaired) electrons. The Morgan fingerprint density at radius 3 is 2.90 bits per heavy atom. The average molecular weight is 392 g/mol. The molecule has 4 heterocycles. The van der Waals surface area contributed by atoms with E-state index in [4.69, 9.17) is 4.74 Å². The zero-order valence-corrected chi connectivity index (χ0v) is 16.5. The Hall–Kier alpha value is -3.42. The van der Waals surface area contributed by atoms with Crippen molar-refractivity contribution >= 4 is 11.6 Å². The predicted octanol–water partition coefficient (Wildman–Crippen LogP) is 3.43. The van der Waals surface area contributed by atoms with Crippen LogP contribution in [-0.4, -0.2) is 30.8 Å². The first kappa shape index (κ1) is 17.7. The Kier molecular flexibility index (Phi) is 4.01. The van der Waals surface area contributed by atoms with Gasteiger partial charge in [0.05, 0.1) is 29.3 Å². The molecule has 5 rings (SSSR count). The minimum Gasteiger partial charge on any atom is -0.493 e. The zero-order valence-electron chi connectivity index (χ0n) is 16.5. The van der Waals surface area contributed by atoms with Crippen LogP contribution < -0.4 is 10.1 Å². The first-order valence-electron chi connectivity index (χ1n) is 9.54. The lowest BCUT2D eigenvalue weighted by Gasteiger charge is -2.13. The number of benzene rings is 1. The highest BCUT2D eigenvalue weighted by molar-refractivity contribution is 5.76. The normalized spacial score (nSPS) is 13.0. The van der Waals surface area contributed by atoms with Crippen LogP contribution in [0, 0.1) is 19.7 Å². The van der Waals surface area contributed by atoms with E-state index in [2.05, 4.69) is 20.4 Å². The highest BCUT2D eigenvalue weighted by atomic mass is 19.1. The fourth-order valence-electron chi connectivity index (χ4n) is 3.94. The van der Waals surface area contributed by atoms with Crippen molar-refractivity contribution in [3.05, 3.63) is 58.9 Å². The van der Waals surface area contributed by atoms with Crippen LogP contribution in [0.2, 0.25) is 0 Å². The van der Waals surface area contributed by atoms with Crippen LogP contribution in [0.15, 0.2) is 30.6 Å². The van der Waals surface area contributed by atoms with E-state index in [9.17, 15) is 4.39 Å². The summed E-state index contributed by atoms with van der Waals surface area (Å²) >= 11 is 0. The zero-order chi connectivity index (χ0) is 20.1. The number of fused-ring (bicyclic) bond motifs is 2. The largest absolute Gasteiger partial charge is 0.493 e. The first-order chi connectivity index (χ1) is 14.0. The Balaban J connectivity index is 1.54. The summed E-state index contributed by atoms with van der Waals surface area (Å²) in [6.07, 6.45) is 4.43. The molecule has 1 aromatic carbocycles. The molecule has 4 aromatic rings. The smallest absolute Gasteiger partial charge is 0.208 e. The molecule has 148 valence electrons. The van der Waals surface area contributed by atoms with Gasteiger partial charge in [-0.25, -0.2) is 14.4 Å². The molecule has 0 unspecified atom stereocenters. The third-order valence-electron chi connectivity index (χ3n) is 5.25. The van der Waals surface area contributed by atoms with E-state index in [1.807, 2.05) is 42.2 Å². The molecule has 1 aliphatic heterocycles. The van der Waals surface area contributed by atoms with Crippen molar-refractivity contribution in [2.24, 2.45) is 7.05 Å². The topological polar surface area (TPSA) is 69.3 Å². The molecule has 0 fully saturated rings. The number of nitrogens with zero attached hydrogens (tertiary/aromatic N) is 5. The molecular weight excluding hydrogens is 371 g/mol. The maximum atomic E-state index is 14.5. The molecule has 29 heavy (non-hydrogen) atoms. The van der Waals surface area contributed by atoms with Gasteiger partial charge in [0.15, 0.2) is 5.65 Å². The van der Waals surface area contributed by atoms with Gasteiger partial charge in [-0.3, -0.25) is 9.08 Å². The van der Waals surface area contributed by atoms with Crippen LogP contribution in [-0.2, 0) is 20.0 Å². The molecular formula is C21H21FN6O. The second kappa shape index (κ2) is 6.58. The lowest BCUT2D eigenvalue weighted by atomic mass is 10.0. The number of hydrogen-bond acceptors (Lipinski definition) is 5. The van der Waals surface area contributed by atoms with Crippen molar-refractivity contribution in [3.8, 4) is 17.0 Å². The first-order valence-corrected chi connectivity index (χ1v) is 9.54. The SMILES string of the molecule is Cc1cn2c(NCc3c(F)ccc4c3CCO4)ncc(-c3cc(C)nn3C)c2n1. The second-order valence-corrected chi connectivity index (χ2v) is 7.32. The fraction of sp³-hybridized carbons (Fsp3) is 0.286. The van der Waals surface area contributed by atoms with E-state index < -0.39 is 0 Å². The fourth-order valence-corrected chi connectivity index (χ4v) is 3.94. The molecule has 3 aromatic heterocycles. The van der Waals surface area contributed by atoms with Gasteiger partial charge in [0.1, 0.15) is 11.6 Å². The van der Waals surface area contributed by atoms with Crippen molar-refractivity contribution < 1.29 is 9.13 Å². The van der Waals surface area contributed by atoms with Crippen LogP contribution in [0.5, 0.6) is 5.75 Å². The summed E-state index contributed by atoms with van der Waals surface area (Å²) in [5.41, 5.74) is 5.98. The summed E-state index contributed by atoms with van der Waals surface area (Å²) in [6.45, 7) is 4.81. The molecule has 8 heteroatoms. The number of rotatable bonds is 4. The van der Waals surface area contributed by atoms with E-state index in [1.165, 1.54) is 6.07 Å². The van der Waals surface area contributed by atoms with E-state index >= 15 is 0 Å². The molecule has 0 bridgehead atoms. The standard InChI is InChI=1S/C21H21FN6O/c1-12-8-18(27(3)26-12)16-10-24-21(28-11-13(2)25-20(16)28)23-9-15-14-6-7-29-19(14)5-4-17(15)22/h4-5,8,10-11H,6-7,9H2,1-3H3,(H,23,24). The lowest BCUT2D eigenvalue weighted by molar-refractivity contribution is 0.356. The Bertz CT molecular complexity index is 1240. The van der Waals surface area contributed by atoms with Gasteiger partial charge in [0, 0.05) is 43.5 Å². The molecule has 1 N–H and O–H groups in total. The number of aromatic nitrogens is 5. The molecule has 1 aliphatic rings. The van der Waals surface area contributed by atoms with Crippen LogP contribution in [0.25, 0.3) is 16.9 Å². The highest BCUT2D eigenvalue weighted by Crippen LogP contribution is 2.31. The molecule has 0 aliphatic carbocycles. The van der Waals surface area contributed by atoms with Crippen LogP contribution >= 0.6 is 0 Å². The number of anilines is 1. The van der Waals surface area contributed by atoms with Crippen molar-refractivity contribution in [2.75, 3.05) is 11.9 Å². The summed E-state index contributed by atoms with van der Waals surface area (Å²) < 4.78 is 23.7. The van der Waals surface area contributed by atoms with Gasteiger partial charge in [0.25, 0.3) is 0 Å². The van der Waals surface area contributed by atoms with Crippen molar-refractivity contribution in [3.63, 3.8) is 0 Å². The maximum Gasteiger partial charge on any atom is 0.208 e. The van der Waals surface area contributed by atoms with Gasteiger partial charge in [-0.2, -0.15) is 5.10 Å². The second-order valence-electron chi connectivity index (χ2n) is 7.32. The van der Waals surface area contributed by atoms with E-state index in [0.717, 1.165) is 46.0 Å². The van der Waals surface area contributed by atoms with Crippen molar-refractivity contribution in [1.82, 2.24) is 24.1 Å². The highest BCUT2D eigenvalue weighted by Gasteiger charge is 2.20. The monoisotopic (exact) mass is 392 g/mol. The van der Waals surface area contributed by atoms with Gasteiger partial charge in [0.2, 0.25) is 5.95 Å². The number of ether oxygens (including phenoxy) is 1. The maximum absolute atomic E-state index is 14.5. The summed E-state index contributed by atoms with van der Waals surface area (Å²) in [6, 6.07) is 5.16. The third-order valence-corrected chi connectivity index (χ3v) is 5.25. The number of hydrogen-bond donors (Lipinski definition) is 1. The average Bonchev–Trinajstić information content (AvgIpc) is 3.38. The van der Waals surface area contributed by atoms with Gasteiger partial charge < -0.3 is 10.1 Å². The van der Waals surface area contributed by atoms with Crippen molar-refractivity contribution in [1.29, 1.82) is 0 Å². The van der Waals surface area contributed by atoms with Gasteiger partial charge in [-0.15, -0.1) is 0 Å². The summed E-state index contributed by atoms with van der Waals surface area (Å²) in [5, 5.41) is 7.71. The molecule has 0 atom stereocenters. The molecule has 0 saturated heterocycles. The van der Waals surface area contributed by atoms with Crippen LogP contribution in [0.4, 0.5) is 10.3 Å². The minimum atomic E-state index is -0.234. The van der Waals surface area contributed by atoms with Crippen LogP contribution in [0.3, 0.4) is 0 Å².